The molecule has 0 saturated heterocycles. The number of benzene rings is 2. The maximum atomic E-state index is 12.5. The lowest BCUT2D eigenvalue weighted by Gasteiger charge is -2.20. The van der Waals surface area contributed by atoms with E-state index in [1.54, 1.807) is 0 Å². The molecule has 2 atom stereocenters. The lowest BCUT2D eigenvalue weighted by atomic mass is 9.98. The molecule has 3 N–H and O–H groups in total. The van der Waals surface area contributed by atoms with Gasteiger partial charge in [-0.25, -0.2) is 9.59 Å². The SMILES string of the molecule is CC[C@@H](CC(=O)NC(CCCOC)C(=O)O)NC(=O)OCC1c2ccccc2-c2ccccc21. The fourth-order valence-electron chi connectivity index (χ4n) is 4.27. The summed E-state index contributed by atoms with van der Waals surface area (Å²) in [5, 5.41) is 14.6. The number of carboxylic acid groups (broad SMARTS) is 1. The standard InChI is InChI=1S/C26H32N2O6/c1-3-17(15-24(29)28-23(25(30)31)13-8-14-33-2)27-26(32)34-16-22-20-11-6-4-9-18(20)19-10-5-7-12-21(19)22/h4-7,9-12,17,22-23H,3,8,13-16H2,1-2H3,(H,27,32)(H,28,29)(H,30,31)/t17-,23?/m0/s1. The fraction of sp³-hybridized carbons (Fsp3) is 0.423. The molecule has 182 valence electrons. The molecule has 0 fully saturated rings. The van der Waals surface area contributed by atoms with Crippen LogP contribution in [-0.2, 0) is 19.1 Å². The van der Waals surface area contributed by atoms with Crippen molar-refractivity contribution in [1.29, 1.82) is 0 Å². The Morgan fingerprint density at radius 2 is 1.62 bits per heavy atom. The third-order valence-electron chi connectivity index (χ3n) is 6.06. The fourth-order valence-corrected chi connectivity index (χ4v) is 4.27. The van der Waals surface area contributed by atoms with Gasteiger partial charge in [-0.05, 0) is 41.5 Å². The molecule has 8 heteroatoms. The summed E-state index contributed by atoms with van der Waals surface area (Å²) < 4.78 is 10.5. The van der Waals surface area contributed by atoms with Crippen LogP contribution in [0.15, 0.2) is 48.5 Å². The van der Waals surface area contributed by atoms with E-state index in [9.17, 15) is 19.5 Å². The Bertz CT molecular complexity index is 963. The highest BCUT2D eigenvalue weighted by Crippen LogP contribution is 2.44. The first-order valence-corrected chi connectivity index (χ1v) is 11.6. The van der Waals surface area contributed by atoms with Crippen LogP contribution in [0.3, 0.4) is 0 Å². The van der Waals surface area contributed by atoms with Crippen LogP contribution in [0, 0.1) is 0 Å². The van der Waals surface area contributed by atoms with Crippen molar-refractivity contribution in [2.75, 3.05) is 20.3 Å². The van der Waals surface area contributed by atoms with Gasteiger partial charge in [-0.3, -0.25) is 4.79 Å². The number of aliphatic carboxylic acids is 1. The smallest absolute Gasteiger partial charge is 0.407 e. The zero-order valence-corrected chi connectivity index (χ0v) is 19.6. The molecule has 2 aromatic carbocycles. The van der Waals surface area contributed by atoms with Crippen LogP contribution < -0.4 is 10.6 Å². The van der Waals surface area contributed by atoms with E-state index in [-0.39, 0.29) is 25.4 Å². The molecule has 0 aromatic heterocycles. The number of carbonyl (C=O) groups excluding carboxylic acids is 2. The van der Waals surface area contributed by atoms with Gasteiger partial charge >= 0.3 is 12.1 Å². The molecular formula is C26H32N2O6. The van der Waals surface area contributed by atoms with E-state index in [0.717, 1.165) is 22.3 Å². The monoisotopic (exact) mass is 468 g/mol. The van der Waals surface area contributed by atoms with Crippen LogP contribution in [0.25, 0.3) is 11.1 Å². The Morgan fingerprint density at radius 1 is 1.00 bits per heavy atom. The molecule has 2 amide bonds. The molecule has 1 aliphatic carbocycles. The summed E-state index contributed by atoms with van der Waals surface area (Å²) in [7, 11) is 1.54. The minimum Gasteiger partial charge on any atom is -0.480 e. The second-order valence-corrected chi connectivity index (χ2v) is 8.37. The Morgan fingerprint density at radius 3 is 2.18 bits per heavy atom. The molecule has 2 aromatic rings. The van der Waals surface area contributed by atoms with E-state index in [4.69, 9.17) is 9.47 Å². The summed E-state index contributed by atoms with van der Waals surface area (Å²) >= 11 is 0. The molecule has 0 radical (unpaired) electrons. The van der Waals surface area contributed by atoms with Crippen molar-refractivity contribution in [3.63, 3.8) is 0 Å². The number of ether oxygens (including phenoxy) is 2. The number of carbonyl (C=O) groups is 3. The average Bonchev–Trinajstić information content (AvgIpc) is 3.15. The summed E-state index contributed by atoms with van der Waals surface area (Å²) in [5.41, 5.74) is 4.54. The van der Waals surface area contributed by atoms with Gasteiger partial charge < -0.3 is 25.2 Å². The quantitative estimate of drug-likeness (QED) is 0.410. The van der Waals surface area contributed by atoms with Gasteiger partial charge in [0.15, 0.2) is 0 Å². The van der Waals surface area contributed by atoms with Crippen molar-refractivity contribution in [3.8, 4) is 11.1 Å². The summed E-state index contributed by atoms with van der Waals surface area (Å²) in [6, 6.07) is 14.7. The van der Waals surface area contributed by atoms with Gasteiger partial charge in [0.2, 0.25) is 5.91 Å². The lowest BCUT2D eigenvalue weighted by Crippen LogP contribution is -2.44. The van der Waals surface area contributed by atoms with Crippen molar-refractivity contribution in [1.82, 2.24) is 10.6 Å². The van der Waals surface area contributed by atoms with Gasteiger partial charge in [0.1, 0.15) is 12.6 Å². The number of rotatable bonds is 12. The minimum absolute atomic E-state index is 0.0330. The Balaban J connectivity index is 1.53. The molecule has 0 heterocycles. The first-order valence-electron chi connectivity index (χ1n) is 11.6. The molecule has 1 aliphatic rings. The van der Waals surface area contributed by atoms with Crippen LogP contribution in [0.5, 0.6) is 0 Å². The Hall–Kier alpha value is -3.39. The summed E-state index contributed by atoms with van der Waals surface area (Å²) in [6.07, 6.45) is 0.652. The van der Waals surface area contributed by atoms with Gasteiger partial charge in [0, 0.05) is 32.1 Å². The zero-order chi connectivity index (χ0) is 24.5. The molecule has 8 nitrogen and oxygen atoms in total. The number of methoxy groups -OCH3 is 1. The largest absolute Gasteiger partial charge is 0.480 e. The average molecular weight is 469 g/mol. The highest BCUT2D eigenvalue weighted by Gasteiger charge is 2.29. The van der Waals surface area contributed by atoms with E-state index < -0.39 is 30.1 Å². The molecule has 3 rings (SSSR count). The maximum absolute atomic E-state index is 12.5. The number of fused-ring (bicyclic) bond motifs is 3. The Labute approximate surface area is 199 Å². The van der Waals surface area contributed by atoms with Gasteiger partial charge in [-0.15, -0.1) is 0 Å². The number of hydrogen-bond donors (Lipinski definition) is 3. The summed E-state index contributed by atoms with van der Waals surface area (Å²) in [4.78, 5) is 36.3. The van der Waals surface area contributed by atoms with Crippen LogP contribution in [-0.4, -0.2) is 55.5 Å². The zero-order valence-electron chi connectivity index (χ0n) is 19.6. The van der Waals surface area contributed by atoms with Crippen molar-refractivity contribution in [3.05, 3.63) is 59.7 Å². The topological polar surface area (TPSA) is 114 Å². The van der Waals surface area contributed by atoms with Gasteiger partial charge in [0.25, 0.3) is 0 Å². The first kappa shape index (κ1) is 25.2. The molecular weight excluding hydrogens is 436 g/mol. The van der Waals surface area contributed by atoms with Gasteiger partial charge in [-0.2, -0.15) is 0 Å². The highest BCUT2D eigenvalue weighted by atomic mass is 16.5. The Kier molecular flexibility index (Phi) is 9.04. The summed E-state index contributed by atoms with van der Waals surface area (Å²) in [6.45, 7) is 2.44. The maximum Gasteiger partial charge on any atom is 0.407 e. The third-order valence-corrected chi connectivity index (χ3v) is 6.06. The van der Waals surface area contributed by atoms with Crippen molar-refractivity contribution in [2.24, 2.45) is 0 Å². The molecule has 0 saturated carbocycles. The molecule has 0 aliphatic heterocycles. The lowest BCUT2D eigenvalue weighted by molar-refractivity contribution is -0.142. The van der Waals surface area contributed by atoms with Gasteiger partial charge in [0.05, 0.1) is 0 Å². The van der Waals surface area contributed by atoms with Crippen molar-refractivity contribution < 1.29 is 29.0 Å². The number of hydrogen-bond acceptors (Lipinski definition) is 5. The number of nitrogens with one attached hydrogen (secondary N) is 2. The highest BCUT2D eigenvalue weighted by molar-refractivity contribution is 5.84. The minimum atomic E-state index is -1.10. The molecule has 0 bridgehead atoms. The van der Waals surface area contributed by atoms with E-state index in [0.29, 0.717) is 19.4 Å². The van der Waals surface area contributed by atoms with E-state index in [2.05, 4.69) is 22.8 Å². The van der Waals surface area contributed by atoms with Crippen LogP contribution in [0.2, 0.25) is 0 Å². The van der Waals surface area contributed by atoms with E-state index in [1.807, 2.05) is 43.3 Å². The molecule has 34 heavy (non-hydrogen) atoms. The van der Waals surface area contributed by atoms with Crippen LogP contribution in [0.1, 0.15) is 49.7 Å². The van der Waals surface area contributed by atoms with Gasteiger partial charge in [-0.1, -0.05) is 55.5 Å². The predicted molar refractivity (Wildman–Crippen MR) is 128 cm³/mol. The van der Waals surface area contributed by atoms with Crippen molar-refractivity contribution >= 4 is 18.0 Å². The number of amides is 2. The number of carboxylic acids is 1. The second kappa shape index (κ2) is 12.2. The summed E-state index contributed by atoms with van der Waals surface area (Å²) in [5.74, 6) is -1.58. The van der Waals surface area contributed by atoms with Crippen molar-refractivity contribution in [2.45, 2.75) is 50.6 Å². The third kappa shape index (κ3) is 6.35. The van der Waals surface area contributed by atoms with E-state index in [1.165, 1.54) is 7.11 Å². The van der Waals surface area contributed by atoms with E-state index >= 15 is 0 Å². The van der Waals surface area contributed by atoms with Crippen LogP contribution >= 0.6 is 0 Å². The predicted octanol–water partition coefficient (Wildman–Crippen LogP) is 3.69. The first-order chi connectivity index (χ1) is 16.4. The van der Waals surface area contributed by atoms with Crippen LogP contribution in [0.4, 0.5) is 4.79 Å². The molecule has 0 spiro atoms. The number of alkyl carbamates (subject to hydrolysis) is 1. The normalized spacial score (nSPS) is 13.9. The molecule has 1 unspecified atom stereocenters. The second-order valence-electron chi connectivity index (χ2n) is 8.37.